The van der Waals surface area contributed by atoms with Crippen molar-refractivity contribution in [2.45, 2.75) is 33.1 Å². The van der Waals surface area contributed by atoms with E-state index in [-0.39, 0.29) is 5.91 Å². The number of thiocarbonyl (C=S) groups is 1. The van der Waals surface area contributed by atoms with Crippen molar-refractivity contribution in [2.24, 2.45) is 0 Å². The second-order valence-electron chi connectivity index (χ2n) is 4.84. The average molecular weight is 339 g/mol. The third-order valence-corrected chi connectivity index (χ3v) is 3.33. The maximum absolute atomic E-state index is 12.1. The number of nitrogens with one attached hydrogen (secondary N) is 3. The molecule has 7 heteroatoms. The molecule has 0 aliphatic rings. The number of carbonyl (C=O) groups is 1. The van der Waals surface area contributed by atoms with Crippen LogP contribution in [-0.4, -0.2) is 31.3 Å². The number of rotatable bonds is 8. The molecule has 23 heavy (non-hydrogen) atoms. The molecule has 0 saturated heterocycles. The summed E-state index contributed by atoms with van der Waals surface area (Å²) in [5.41, 5.74) is 5.69. The van der Waals surface area contributed by atoms with Gasteiger partial charge >= 0.3 is 0 Å². The SMILES string of the molecule is CCCCCNC(=S)NNC(=O)c1ccc(OCC)c(OC)c1. The first-order valence-corrected chi connectivity index (χ1v) is 8.18. The highest BCUT2D eigenvalue weighted by Gasteiger charge is 2.11. The standard InChI is InChI=1S/C16H25N3O3S/c1-4-6-7-10-17-16(23)19-18-15(20)12-8-9-13(22-5-2)14(11-12)21-3/h8-9,11H,4-7,10H2,1-3H3,(H,18,20)(H2,17,19,23). The lowest BCUT2D eigenvalue weighted by molar-refractivity contribution is 0.0943. The molecule has 0 aromatic heterocycles. The monoisotopic (exact) mass is 339 g/mol. The smallest absolute Gasteiger partial charge is 0.269 e. The van der Waals surface area contributed by atoms with Gasteiger partial charge in [0.2, 0.25) is 0 Å². The minimum Gasteiger partial charge on any atom is -0.493 e. The van der Waals surface area contributed by atoms with E-state index in [1.54, 1.807) is 18.2 Å². The van der Waals surface area contributed by atoms with E-state index in [1.165, 1.54) is 7.11 Å². The summed E-state index contributed by atoms with van der Waals surface area (Å²) in [5, 5.41) is 3.43. The highest BCUT2D eigenvalue weighted by Crippen LogP contribution is 2.27. The minimum absolute atomic E-state index is 0.302. The van der Waals surface area contributed by atoms with Gasteiger partial charge in [0.1, 0.15) is 0 Å². The Kier molecular flexibility index (Phi) is 8.82. The van der Waals surface area contributed by atoms with Crippen molar-refractivity contribution in [1.29, 1.82) is 0 Å². The van der Waals surface area contributed by atoms with Crippen molar-refractivity contribution >= 4 is 23.2 Å². The molecule has 0 unspecified atom stereocenters. The van der Waals surface area contributed by atoms with Crippen molar-refractivity contribution in [3.63, 3.8) is 0 Å². The molecule has 0 fully saturated rings. The van der Waals surface area contributed by atoms with Gasteiger partial charge in [0.15, 0.2) is 16.6 Å². The van der Waals surface area contributed by atoms with Crippen LogP contribution in [0.25, 0.3) is 0 Å². The van der Waals surface area contributed by atoms with E-state index < -0.39 is 0 Å². The van der Waals surface area contributed by atoms with Gasteiger partial charge in [0.25, 0.3) is 5.91 Å². The summed E-state index contributed by atoms with van der Waals surface area (Å²) in [4.78, 5) is 12.1. The molecule has 0 spiro atoms. The summed E-state index contributed by atoms with van der Waals surface area (Å²) < 4.78 is 10.6. The Labute approximate surface area is 142 Å². The lowest BCUT2D eigenvalue weighted by Crippen LogP contribution is -2.46. The fourth-order valence-electron chi connectivity index (χ4n) is 1.89. The van der Waals surface area contributed by atoms with Gasteiger partial charge < -0.3 is 14.8 Å². The molecule has 0 aliphatic carbocycles. The van der Waals surface area contributed by atoms with Gasteiger partial charge in [0.05, 0.1) is 13.7 Å². The second-order valence-corrected chi connectivity index (χ2v) is 5.25. The summed E-state index contributed by atoms with van der Waals surface area (Å²) >= 11 is 5.09. The molecule has 1 aromatic rings. The van der Waals surface area contributed by atoms with E-state index in [1.807, 2.05) is 6.92 Å². The van der Waals surface area contributed by atoms with Crippen molar-refractivity contribution in [1.82, 2.24) is 16.2 Å². The molecule has 128 valence electrons. The molecule has 0 radical (unpaired) electrons. The minimum atomic E-state index is -0.302. The molecule has 0 atom stereocenters. The average Bonchev–Trinajstić information content (AvgIpc) is 2.57. The zero-order valence-electron chi connectivity index (χ0n) is 13.9. The Bertz CT molecular complexity index is 523. The number of unbranched alkanes of at least 4 members (excludes halogenated alkanes) is 2. The first-order valence-electron chi connectivity index (χ1n) is 7.77. The molecule has 0 aliphatic heterocycles. The summed E-state index contributed by atoms with van der Waals surface area (Å²) in [7, 11) is 1.53. The van der Waals surface area contributed by atoms with Crippen LogP contribution < -0.4 is 25.6 Å². The molecule has 0 saturated carbocycles. The summed E-state index contributed by atoms with van der Waals surface area (Å²) in [5.74, 6) is 0.816. The zero-order chi connectivity index (χ0) is 17.1. The number of hydrogen-bond acceptors (Lipinski definition) is 4. The number of carbonyl (C=O) groups excluding carboxylic acids is 1. The number of methoxy groups -OCH3 is 1. The molecular weight excluding hydrogens is 314 g/mol. The van der Waals surface area contributed by atoms with E-state index in [0.29, 0.717) is 28.8 Å². The van der Waals surface area contributed by atoms with Crippen molar-refractivity contribution in [3.05, 3.63) is 23.8 Å². The molecule has 1 aromatic carbocycles. The van der Waals surface area contributed by atoms with Gasteiger partial charge in [-0.2, -0.15) is 0 Å². The lowest BCUT2D eigenvalue weighted by atomic mass is 10.2. The first-order chi connectivity index (χ1) is 11.1. The zero-order valence-corrected chi connectivity index (χ0v) is 14.7. The topological polar surface area (TPSA) is 71.6 Å². The van der Waals surface area contributed by atoms with Crippen LogP contribution >= 0.6 is 12.2 Å². The van der Waals surface area contributed by atoms with Gasteiger partial charge in [0, 0.05) is 12.1 Å². The Morgan fingerprint density at radius 2 is 1.96 bits per heavy atom. The maximum Gasteiger partial charge on any atom is 0.269 e. The predicted octanol–water partition coefficient (Wildman–Crippen LogP) is 2.39. The van der Waals surface area contributed by atoms with Crippen molar-refractivity contribution in [2.75, 3.05) is 20.3 Å². The predicted molar refractivity (Wildman–Crippen MR) is 94.9 cm³/mol. The number of hydrogen-bond donors (Lipinski definition) is 3. The Hall–Kier alpha value is -2.02. The largest absolute Gasteiger partial charge is 0.493 e. The first kappa shape index (κ1) is 19.0. The van der Waals surface area contributed by atoms with E-state index in [0.717, 1.165) is 25.8 Å². The van der Waals surface area contributed by atoms with Crippen LogP contribution in [0.4, 0.5) is 0 Å². The summed E-state index contributed by atoms with van der Waals surface area (Å²) in [6.45, 7) is 5.34. The molecular formula is C16H25N3O3S. The van der Waals surface area contributed by atoms with Crippen LogP contribution in [0.2, 0.25) is 0 Å². The summed E-state index contributed by atoms with van der Waals surface area (Å²) in [6, 6.07) is 5.00. The molecule has 6 nitrogen and oxygen atoms in total. The molecule has 1 amide bonds. The van der Waals surface area contributed by atoms with E-state index in [4.69, 9.17) is 21.7 Å². The van der Waals surface area contributed by atoms with Crippen LogP contribution in [0.3, 0.4) is 0 Å². The van der Waals surface area contributed by atoms with E-state index >= 15 is 0 Å². The number of benzene rings is 1. The second kappa shape index (κ2) is 10.7. The van der Waals surface area contributed by atoms with Crippen molar-refractivity contribution in [3.8, 4) is 11.5 Å². The highest BCUT2D eigenvalue weighted by atomic mass is 32.1. The number of hydrazine groups is 1. The summed E-state index contributed by atoms with van der Waals surface area (Å²) in [6.07, 6.45) is 3.34. The quantitative estimate of drug-likeness (QED) is 0.384. The van der Waals surface area contributed by atoms with Gasteiger partial charge in [-0.15, -0.1) is 0 Å². The molecule has 0 bridgehead atoms. The van der Waals surface area contributed by atoms with Crippen LogP contribution in [-0.2, 0) is 0 Å². The van der Waals surface area contributed by atoms with Gasteiger partial charge in [-0.1, -0.05) is 19.8 Å². The Morgan fingerprint density at radius 1 is 1.17 bits per heavy atom. The van der Waals surface area contributed by atoms with Crippen LogP contribution in [0, 0.1) is 0 Å². The van der Waals surface area contributed by atoms with Crippen LogP contribution in [0.15, 0.2) is 18.2 Å². The third-order valence-electron chi connectivity index (χ3n) is 3.08. The highest BCUT2D eigenvalue weighted by molar-refractivity contribution is 7.80. The fourth-order valence-corrected chi connectivity index (χ4v) is 2.04. The maximum atomic E-state index is 12.1. The van der Waals surface area contributed by atoms with Crippen LogP contribution in [0.1, 0.15) is 43.5 Å². The lowest BCUT2D eigenvalue weighted by Gasteiger charge is -2.13. The molecule has 1 rings (SSSR count). The van der Waals surface area contributed by atoms with Gasteiger partial charge in [-0.25, -0.2) is 0 Å². The van der Waals surface area contributed by atoms with Crippen molar-refractivity contribution < 1.29 is 14.3 Å². The molecule has 0 heterocycles. The van der Waals surface area contributed by atoms with E-state index in [2.05, 4.69) is 23.1 Å². The third kappa shape index (κ3) is 6.73. The van der Waals surface area contributed by atoms with Gasteiger partial charge in [-0.05, 0) is 43.8 Å². The molecule has 3 N–H and O–H groups in total. The normalized spacial score (nSPS) is 9.87. The van der Waals surface area contributed by atoms with Crippen LogP contribution in [0.5, 0.6) is 11.5 Å². The fraction of sp³-hybridized carbons (Fsp3) is 0.500. The van der Waals surface area contributed by atoms with Gasteiger partial charge in [-0.3, -0.25) is 15.6 Å². The number of amides is 1. The Balaban J connectivity index is 2.49. The Morgan fingerprint density at radius 3 is 2.61 bits per heavy atom. The number of ether oxygens (including phenoxy) is 2. The van der Waals surface area contributed by atoms with E-state index in [9.17, 15) is 4.79 Å².